The lowest BCUT2D eigenvalue weighted by molar-refractivity contribution is -0.163. The highest BCUT2D eigenvalue weighted by atomic mass is 32.1. The van der Waals surface area contributed by atoms with Crippen LogP contribution in [0.4, 0.5) is 13.2 Å². The van der Waals surface area contributed by atoms with Crippen LogP contribution in [0.3, 0.4) is 0 Å². The van der Waals surface area contributed by atoms with E-state index in [1.807, 2.05) is 5.32 Å². The van der Waals surface area contributed by atoms with Crippen molar-refractivity contribution in [3.05, 3.63) is 32.7 Å². The summed E-state index contributed by atoms with van der Waals surface area (Å²) in [7, 11) is 0. The van der Waals surface area contributed by atoms with Gasteiger partial charge in [-0.05, 0) is 13.3 Å². The lowest BCUT2D eigenvalue weighted by Crippen LogP contribution is -2.38. The van der Waals surface area contributed by atoms with Crippen LogP contribution >= 0.6 is 22.7 Å². The van der Waals surface area contributed by atoms with Crippen LogP contribution in [0.1, 0.15) is 28.0 Å². The Morgan fingerprint density at radius 2 is 2.19 bits per heavy atom. The van der Waals surface area contributed by atoms with Gasteiger partial charge in [-0.15, -0.1) is 22.7 Å². The van der Waals surface area contributed by atoms with Crippen molar-refractivity contribution in [3.8, 4) is 0 Å². The van der Waals surface area contributed by atoms with Gasteiger partial charge in [0.05, 0.1) is 5.51 Å². The average molecular weight is 335 g/mol. The number of rotatable bonds is 5. The van der Waals surface area contributed by atoms with Gasteiger partial charge in [-0.1, -0.05) is 0 Å². The van der Waals surface area contributed by atoms with Gasteiger partial charge in [0.25, 0.3) is 0 Å². The zero-order valence-electron chi connectivity index (χ0n) is 11.0. The fourth-order valence-corrected chi connectivity index (χ4v) is 3.09. The standard InChI is InChI=1S/C12H12F3N3OS2/c1-7-5-20-11(17-7)10(12(13,14)15)18-9(19)3-2-8-4-16-6-21-8/h4-6,10H,2-3H2,1H3,(H,18,19). The molecule has 2 aromatic heterocycles. The molecular weight excluding hydrogens is 323 g/mol. The number of hydrogen-bond acceptors (Lipinski definition) is 5. The molecule has 1 atom stereocenters. The molecular formula is C12H12F3N3OS2. The van der Waals surface area contributed by atoms with E-state index in [0.29, 0.717) is 12.1 Å². The highest BCUT2D eigenvalue weighted by molar-refractivity contribution is 7.10. The number of aromatic nitrogens is 2. The normalized spacial score (nSPS) is 13.1. The molecule has 2 rings (SSSR count). The highest BCUT2D eigenvalue weighted by Crippen LogP contribution is 2.34. The fourth-order valence-electron chi connectivity index (χ4n) is 1.62. The molecule has 0 aliphatic heterocycles. The third-order valence-electron chi connectivity index (χ3n) is 2.60. The van der Waals surface area contributed by atoms with Crippen molar-refractivity contribution in [2.24, 2.45) is 0 Å². The third-order valence-corrected chi connectivity index (χ3v) is 4.47. The van der Waals surface area contributed by atoms with Gasteiger partial charge >= 0.3 is 6.18 Å². The molecule has 9 heteroatoms. The average Bonchev–Trinajstić information content (AvgIpc) is 3.03. The largest absolute Gasteiger partial charge is 0.415 e. The fraction of sp³-hybridized carbons (Fsp3) is 0.417. The number of nitrogens with zero attached hydrogens (tertiary/aromatic N) is 2. The molecule has 0 aliphatic carbocycles. The molecule has 0 aliphatic rings. The van der Waals surface area contributed by atoms with Gasteiger partial charge in [0.2, 0.25) is 5.91 Å². The van der Waals surface area contributed by atoms with E-state index in [0.717, 1.165) is 16.2 Å². The summed E-state index contributed by atoms with van der Waals surface area (Å²) in [4.78, 5) is 20.3. The molecule has 2 aromatic rings. The van der Waals surface area contributed by atoms with E-state index in [1.165, 1.54) is 16.7 Å². The van der Waals surface area contributed by atoms with Crippen molar-refractivity contribution in [2.45, 2.75) is 32.0 Å². The molecule has 0 saturated carbocycles. The topological polar surface area (TPSA) is 54.9 Å². The molecule has 0 saturated heterocycles. The number of thiazole rings is 2. The summed E-state index contributed by atoms with van der Waals surface area (Å²) >= 11 is 2.25. The van der Waals surface area contributed by atoms with Gasteiger partial charge in [-0.3, -0.25) is 9.78 Å². The minimum absolute atomic E-state index is 0.0148. The van der Waals surface area contributed by atoms with Crippen molar-refractivity contribution in [1.82, 2.24) is 15.3 Å². The SMILES string of the molecule is Cc1csc(C(NC(=O)CCc2cncs2)C(F)(F)F)n1. The number of amides is 1. The monoisotopic (exact) mass is 335 g/mol. The maximum atomic E-state index is 13.0. The van der Waals surface area contributed by atoms with Crippen molar-refractivity contribution in [3.63, 3.8) is 0 Å². The zero-order valence-corrected chi connectivity index (χ0v) is 12.6. The quantitative estimate of drug-likeness (QED) is 0.912. The summed E-state index contributed by atoms with van der Waals surface area (Å²) in [6.45, 7) is 1.61. The molecule has 0 radical (unpaired) electrons. The summed E-state index contributed by atoms with van der Waals surface area (Å²) in [5.41, 5.74) is 2.12. The number of aryl methyl sites for hydroxylation is 2. The first-order chi connectivity index (χ1) is 9.86. The van der Waals surface area contributed by atoms with Gasteiger partial charge < -0.3 is 5.32 Å². The smallest absolute Gasteiger partial charge is 0.339 e. The second-order valence-electron chi connectivity index (χ2n) is 4.34. The summed E-state index contributed by atoms with van der Waals surface area (Å²) in [6, 6.07) is -2.05. The molecule has 0 bridgehead atoms. The number of carbonyl (C=O) groups is 1. The summed E-state index contributed by atoms with van der Waals surface area (Å²) in [5, 5.41) is 3.40. The molecule has 4 nitrogen and oxygen atoms in total. The molecule has 21 heavy (non-hydrogen) atoms. The molecule has 0 spiro atoms. The van der Waals surface area contributed by atoms with E-state index in [2.05, 4.69) is 9.97 Å². The van der Waals surface area contributed by atoms with Crippen LogP contribution < -0.4 is 5.32 Å². The molecule has 114 valence electrons. The molecule has 1 amide bonds. The van der Waals surface area contributed by atoms with Gasteiger partial charge in [0.15, 0.2) is 6.04 Å². The lowest BCUT2D eigenvalue weighted by atomic mass is 10.2. The maximum absolute atomic E-state index is 13.0. The second-order valence-corrected chi connectivity index (χ2v) is 6.20. The number of hydrogen-bond donors (Lipinski definition) is 1. The van der Waals surface area contributed by atoms with Crippen molar-refractivity contribution >= 4 is 28.6 Å². The Hall–Kier alpha value is -1.48. The van der Waals surface area contributed by atoms with E-state index in [9.17, 15) is 18.0 Å². The van der Waals surface area contributed by atoms with Crippen molar-refractivity contribution in [2.75, 3.05) is 0 Å². The second kappa shape index (κ2) is 6.52. The van der Waals surface area contributed by atoms with Crippen molar-refractivity contribution in [1.29, 1.82) is 0 Å². The Morgan fingerprint density at radius 3 is 2.71 bits per heavy atom. The van der Waals surface area contributed by atoms with Crippen LogP contribution in [0, 0.1) is 6.92 Å². The Morgan fingerprint density at radius 1 is 1.43 bits per heavy atom. The zero-order chi connectivity index (χ0) is 15.5. The van der Waals surface area contributed by atoms with Gasteiger partial charge in [0, 0.05) is 28.6 Å². The van der Waals surface area contributed by atoms with Crippen LogP contribution in [0.25, 0.3) is 0 Å². The van der Waals surface area contributed by atoms with Crippen LogP contribution in [0.15, 0.2) is 17.1 Å². The predicted octanol–water partition coefficient (Wildman–Crippen LogP) is 3.26. The van der Waals surface area contributed by atoms with Crippen LogP contribution in [-0.2, 0) is 11.2 Å². The molecule has 0 fully saturated rings. The van der Waals surface area contributed by atoms with Crippen LogP contribution in [0.2, 0.25) is 0 Å². The lowest BCUT2D eigenvalue weighted by Gasteiger charge is -2.19. The van der Waals surface area contributed by atoms with E-state index in [-0.39, 0.29) is 11.4 Å². The van der Waals surface area contributed by atoms with Gasteiger partial charge in [-0.25, -0.2) is 4.98 Å². The predicted molar refractivity (Wildman–Crippen MR) is 74.2 cm³/mol. The minimum atomic E-state index is -4.57. The van der Waals surface area contributed by atoms with E-state index in [4.69, 9.17) is 0 Å². The van der Waals surface area contributed by atoms with E-state index < -0.39 is 18.1 Å². The van der Waals surface area contributed by atoms with Gasteiger partial charge in [0.1, 0.15) is 5.01 Å². The van der Waals surface area contributed by atoms with E-state index in [1.54, 1.807) is 18.6 Å². The number of alkyl halides is 3. The molecule has 0 aromatic carbocycles. The van der Waals surface area contributed by atoms with Gasteiger partial charge in [-0.2, -0.15) is 13.2 Å². The Bertz CT molecular complexity index is 595. The Balaban J connectivity index is 2.00. The molecule has 2 heterocycles. The first-order valence-electron chi connectivity index (χ1n) is 6.01. The highest BCUT2D eigenvalue weighted by Gasteiger charge is 2.43. The Kier molecular flexibility index (Phi) is 4.94. The minimum Gasteiger partial charge on any atom is -0.339 e. The molecule has 1 N–H and O–H groups in total. The maximum Gasteiger partial charge on any atom is 0.415 e. The number of carbonyl (C=O) groups excluding carboxylic acids is 1. The van der Waals surface area contributed by atoms with Crippen LogP contribution in [0.5, 0.6) is 0 Å². The summed E-state index contributed by atoms with van der Waals surface area (Å²) < 4.78 is 39.1. The molecule has 1 unspecified atom stereocenters. The first kappa shape index (κ1) is 15.9. The summed E-state index contributed by atoms with van der Waals surface area (Å²) in [6.07, 6.45) is -2.61. The van der Waals surface area contributed by atoms with Crippen LogP contribution in [-0.4, -0.2) is 22.1 Å². The van der Waals surface area contributed by atoms with E-state index >= 15 is 0 Å². The first-order valence-corrected chi connectivity index (χ1v) is 7.77. The van der Waals surface area contributed by atoms with Crippen molar-refractivity contribution < 1.29 is 18.0 Å². The Labute approximate surface area is 127 Å². The third kappa shape index (κ3) is 4.50. The number of halogens is 3. The number of nitrogens with one attached hydrogen (secondary N) is 1. The summed E-state index contributed by atoms with van der Waals surface area (Å²) in [5.74, 6) is -0.654.